The lowest BCUT2D eigenvalue weighted by atomic mass is 9.94. The topological polar surface area (TPSA) is 58.2 Å². The average molecular weight is 343 g/mol. The van der Waals surface area contributed by atoms with E-state index in [1.165, 1.54) is 0 Å². The summed E-state index contributed by atoms with van der Waals surface area (Å²) in [5.74, 6) is -0.170. The van der Waals surface area contributed by atoms with Crippen molar-refractivity contribution >= 4 is 29.1 Å². The first-order valence-electron chi connectivity index (χ1n) is 8.01. The molecule has 0 aromatic heterocycles. The van der Waals surface area contributed by atoms with Crippen LogP contribution in [-0.2, 0) is 10.2 Å². The molecule has 0 bridgehead atoms. The summed E-state index contributed by atoms with van der Waals surface area (Å²) in [5, 5.41) is 6.14. The van der Waals surface area contributed by atoms with E-state index in [1.807, 2.05) is 31.2 Å². The molecule has 0 saturated heterocycles. The number of nitrogens with one attached hydrogen (secondary N) is 2. The highest BCUT2D eigenvalue weighted by molar-refractivity contribution is 6.34. The van der Waals surface area contributed by atoms with Gasteiger partial charge in [0.05, 0.1) is 16.0 Å². The lowest BCUT2D eigenvalue weighted by Gasteiger charge is -2.15. The Labute approximate surface area is 146 Å². The number of anilines is 1. The van der Waals surface area contributed by atoms with Crippen LogP contribution in [0.1, 0.15) is 35.7 Å². The van der Waals surface area contributed by atoms with Crippen LogP contribution >= 0.6 is 11.6 Å². The summed E-state index contributed by atoms with van der Waals surface area (Å²) in [4.78, 5) is 24.5. The number of benzene rings is 2. The van der Waals surface area contributed by atoms with E-state index in [0.717, 1.165) is 18.4 Å². The molecule has 0 heterocycles. The SMILES string of the molecule is CCNC(=O)C1(c2ccc(NC(=O)c3ccccc3Cl)cc2)CC1. The lowest BCUT2D eigenvalue weighted by Crippen LogP contribution is -2.34. The molecule has 0 unspecified atom stereocenters. The minimum absolute atomic E-state index is 0.0813. The highest BCUT2D eigenvalue weighted by Crippen LogP contribution is 2.48. The first kappa shape index (κ1) is 16.5. The van der Waals surface area contributed by atoms with Crippen molar-refractivity contribution in [3.63, 3.8) is 0 Å². The summed E-state index contributed by atoms with van der Waals surface area (Å²) >= 11 is 6.04. The van der Waals surface area contributed by atoms with Crippen molar-refractivity contribution in [1.82, 2.24) is 5.32 Å². The van der Waals surface area contributed by atoms with Crippen molar-refractivity contribution in [1.29, 1.82) is 0 Å². The predicted molar refractivity (Wildman–Crippen MR) is 95.4 cm³/mol. The van der Waals surface area contributed by atoms with Crippen LogP contribution in [0.2, 0.25) is 5.02 Å². The maximum absolute atomic E-state index is 12.3. The highest BCUT2D eigenvalue weighted by Gasteiger charge is 2.50. The smallest absolute Gasteiger partial charge is 0.257 e. The number of halogens is 1. The molecular weight excluding hydrogens is 324 g/mol. The Balaban J connectivity index is 1.73. The largest absolute Gasteiger partial charge is 0.356 e. The van der Waals surface area contributed by atoms with Gasteiger partial charge in [0.15, 0.2) is 0 Å². The molecule has 0 radical (unpaired) electrons. The third-order valence-corrected chi connectivity index (χ3v) is 4.67. The van der Waals surface area contributed by atoms with E-state index in [1.54, 1.807) is 24.3 Å². The quantitative estimate of drug-likeness (QED) is 0.869. The molecule has 1 aliphatic rings. The molecule has 5 heteroatoms. The second kappa shape index (κ2) is 6.65. The fraction of sp³-hybridized carbons (Fsp3) is 0.263. The van der Waals surface area contributed by atoms with Crippen molar-refractivity contribution in [2.75, 3.05) is 11.9 Å². The molecule has 3 rings (SSSR count). The Morgan fingerprint density at radius 1 is 1.08 bits per heavy atom. The van der Waals surface area contributed by atoms with Crippen LogP contribution in [-0.4, -0.2) is 18.4 Å². The Morgan fingerprint density at radius 2 is 1.75 bits per heavy atom. The van der Waals surface area contributed by atoms with Crippen LogP contribution in [0, 0.1) is 0 Å². The van der Waals surface area contributed by atoms with E-state index in [9.17, 15) is 9.59 Å². The van der Waals surface area contributed by atoms with Crippen molar-refractivity contribution in [2.24, 2.45) is 0 Å². The van der Waals surface area contributed by atoms with Crippen molar-refractivity contribution in [3.8, 4) is 0 Å². The van der Waals surface area contributed by atoms with Crippen LogP contribution in [0.5, 0.6) is 0 Å². The van der Waals surface area contributed by atoms with Gasteiger partial charge in [-0.1, -0.05) is 35.9 Å². The van der Waals surface area contributed by atoms with Gasteiger partial charge >= 0.3 is 0 Å². The molecule has 2 amide bonds. The third kappa shape index (κ3) is 3.15. The van der Waals surface area contributed by atoms with Crippen molar-refractivity contribution in [3.05, 3.63) is 64.7 Å². The summed E-state index contributed by atoms with van der Waals surface area (Å²) in [7, 11) is 0. The Kier molecular flexibility index (Phi) is 4.58. The predicted octanol–water partition coefficient (Wildman–Crippen LogP) is 3.76. The van der Waals surface area contributed by atoms with Crippen LogP contribution in [0.4, 0.5) is 5.69 Å². The zero-order valence-electron chi connectivity index (χ0n) is 13.4. The molecule has 124 valence electrons. The zero-order valence-corrected chi connectivity index (χ0v) is 14.2. The molecule has 24 heavy (non-hydrogen) atoms. The molecule has 2 aromatic carbocycles. The first-order chi connectivity index (χ1) is 11.6. The third-order valence-electron chi connectivity index (χ3n) is 4.34. The van der Waals surface area contributed by atoms with Gasteiger partial charge in [-0.2, -0.15) is 0 Å². The summed E-state index contributed by atoms with van der Waals surface area (Å²) < 4.78 is 0. The van der Waals surface area contributed by atoms with Crippen LogP contribution < -0.4 is 10.6 Å². The van der Waals surface area contributed by atoms with Crippen LogP contribution in [0.15, 0.2) is 48.5 Å². The van der Waals surface area contributed by atoms with Gasteiger partial charge in [-0.05, 0) is 49.6 Å². The molecule has 4 nitrogen and oxygen atoms in total. The van der Waals surface area contributed by atoms with Crippen molar-refractivity contribution < 1.29 is 9.59 Å². The molecule has 2 N–H and O–H groups in total. The minimum Gasteiger partial charge on any atom is -0.356 e. The highest BCUT2D eigenvalue weighted by atomic mass is 35.5. The van der Waals surface area contributed by atoms with Gasteiger partial charge < -0.3 is 10.6 Å². The van der Waals surface area contributed by atoms with E-state index >= 15 is 0 Å². The minimum atomic E-state index is -0.388. The number of hydrogen-bond donors (Lipinski definition) is 2. The molecule has 0 aliphatic heterocycles. The number of likely N-dealkylation sites (N-methyl/N-ethyl adjacent to an activating group) is 1. The molecule has 1 saturated carbocycles. The molecule has 0 spiro atoms. The second-order valence-electron chi connectivity index (χ2n) is 5.95. The normalized spacial score (nSPS) is 14.8. The lowest BCUT2D eigenvalue weighted by molar-refractivity contribution is -0.123. The molecular formula is C19H19ClN2O2. The summed E-state index contributed by atoms with van der Waals surface area (Å²) in [5.41, 5.74) is 1.71. The summed E-state index contributed by atoms with van der Waals surface area (Å²) in [6.45, 7) is 2.55. The van der Waals surface area contributed by atoms with Gasteiger partial charge in [-0.15, -0.1) is 0 Å². The first-order valence-corrected chi connectivity index (χ1v) is 8.39. The van der Waals surface area contributed by atoms with Gasteiger partial charge in [-0.25, -0.2) is 0 Å². The number of rotatable bonds is 5. The average Bonchev–Trinajstić information content (AvgIpc) is 3.38. The second-order valence-corrected chi connectivity index (χ2v) is 6.36. The Hall–Kier alpha value is -2.33. The van der Waals surface area contributed by atoms with Gasteiger partial charge in [0.25, 0.3) is 5.91 Å². The molecule has 1 aliphatic carbocycles. The summed E-state index contributed by atoms with van der Waals surface area (Å²) in [6.07, 6.45) is 1.73. The van der Waals surface area contributed by atoms with E-state index in [0.29, 0.717) is 22.8 Å². The van der Waals surface area contributed by atoms with Crippen LogP contribution in [0.3, 0.4) is 0 Å². The van der Waals surface area contributed by atoms with Gasteiger partial charge in [0, 0.05) is 12.2 Å². The summed E-state index contributed by atoms with van der Waals surface area (Å²) in [6, 6.07) is 14.4. The fourth-order valence-electron chi connectivity index (χ4n) is 2.82. The number of carbonyl (C=O) groups is 2. The van der Waals surface area contributed by atoms with Gasteiger partial charge in [0.1, 0.15) is 0 Å². The zero-order chi connectivity index (χ0) is 17.2. The fourth-order valence-corrected chi connectivity index (χ4v) is 3.04. The molecule has 0 atom stereocenters. The Bertz CT molecular complexity index is 767. The number of carbonyl (C=O) groups excluding carboxylic acids is 2. The maximum Gasteiger partial charge on any atom is 0.257 e. The van der Waals surface area contributed by atoms with Crippen molar-refractivity contribution in [2.45, 2.75) is 25.2 Å². The monoisotopic (exact) mass is 342 g/mol. The van der Waals surface area contributed by atoms with Gasteiger partial charge in [0.2, 0.25) is 5.91 Å². The van der Waals surface area contributed by atoms with E-state index in [-0.39, 0.29) is 17.2 Å². The van der Waals surface area contributed by atoms with Crippen LogP contribution in [0.25, 0.3) is 0 Å². The Morgan fingerprint density at radius 3 is 2.33 bits per heavy atom. The molecule has 2 aromatic rings. The number of amides is 2. The molecule has 1 fully saturated rings. The van der Waals surface area contributed by atoms with E-state index in [2.05, 4.69) is 10.6 Å². The van der Waals surface area contributed by atoms with Gasteiger partial charge in [-0.3, -0.25) is 9.59 Å². The number of hydrogen-bond acceptors (Lipinski definition) is 2. The van der Waals surface area contributed by atoms with E-state index < -0.39 is 0 Å². The maximum atomic E-state index is 12.3. The standard InChI is InChI=1S/C19H19ClN2O2/c1-2-21-18(24)19(11-12-19)13-7-9-14(10-8-13)22-17(23)15-5-3-4-6-16(15)20/h3-10H,2,11-12H2,1H3,(H,21,24)(H,22,23). The van der Waals surface area contributed by atoms with E-state index in [4.69, 9.17) is 11.6 Å².